The van der Waals surface area contributed by atoms with Gasteiger partial charge in [0.2, 0.25) is 5.91 Å². The van der Waals surface area contributed by atoms with Gasteiger partial charge in [-0.15, -0.1) is 0 Å². The lowest BCUT2D eigenvalue weighted by molar-refractivity contribution is -0.133. The van der Waals surface area contributed by atoms with Crippen molar-refractivity contribution in [2.45, 2.75) is 51.0 Å². The molecule has 2 heterocycles. The van der Waals surface area contributed by atoms with Crippen LogP contribution in [0, 0.1) is 5.92 Å². The fraction of sp³-hybridized carbons (Fsp3) is 0.632. The molecule has 5 heteroatoms. The molecule has 0 spiro atoms. The van der Waals surface area contributed by atoms with Crippen LogP contribution in [0.3, 0.4) is 0 Å². The van der Waals surface area contributed by atoms with Crippen LogP contribution in [0.15, 0.2) is 30.3 Å². The average Bonchev–Trinajstić information content (AvgIpc) is 3.16. The van der Waals surface area contributed by atoms with Gasteiger partial charge < -0.3 is 4.90 Å². The molecule has 3 unspecified atom stereocenters. The molecule has 2 aliphatic heterocycles. The van der Waals surface area contributed by atoms with Crippen molar-refractivity contribution >= 4 is 15.7 Å². The third-order valence-electron chi connectivity index (χ3n) is 5.54. The minimum absolute atomic E-state index is 0.0144. The number of sulfone groups is 1. The van der Waals surface area contributed by atoms with Gasteiger partial charge in [0.05, 0.1) is 11.5 Å². The highest BCUT2D eigenvalue weighted by atomic mass is 32.2. The van der Waals surface area contributed by atoms with E-state index in [1.807, 2.05) is 11.0 Å². The fourth-order valence-corrected chi connectivity index (χ4v) is 6.21. The molecule has 0 aliphatic carbocycles. The molecule has 0 radical (unpaired) electrons. The Labute approximate surface area is 145 Å². The van der Waals surface area contributed by atoms with Crippen molar-refractivity contribution in [2.75, 3.05) is 18.1 Å². The van der Waals surface area contributed by atoms with Gasteiger partial charge >= 0.3 is 0 Å². The van der Waals surface area contributed by atoms with Crippen LogP contribution in [0.1, 0.15) is 50.5 Å². The van der Waals surface area contributed by atoms with Gasteiger partial charge in [0.1, 0.15) is 0 Å². The predicted octanol–water partition coefficient (Wildman–Crippen LogP) is 3.00. The standard InChI is InChI=1S/C19H27NO3S/c1-2-17(16-7-4-3-5-8-16)18-9-6-11-20(18)19(21)13-15-10-12-24(22,23)14-15/h3-5,7-8,15,17-18H,2,6,9-14H2,1H3. The summed E-state index contributed by atoms with van der Waals surface area (Å²) in [5.74, 6) is 0.961. The Morgan fingerprint density at radius 3 is 2.62 bits per heavy atom. The van der Waals surface area contributed by atoms with Gasteiger partial charge in [-0.3, -0.25) is 4.79 Å². The first-order chi connectivity index (χ1) is 11.5. The topological polar surface area (TPSA) is 54.5 Å². The summed E-state index contributed by atoms with van der Waals surface area (Å²) in [6.45, 7) is 2.99. The second-order valence-corrected chi connectivity index (χ2v) is 9.42. The molecule has 0 N–H and O–H groups in total. The van der Waals surface area contributed by atoms with Crippen LogP contribution in [-0.2, 0) is 14.6 Å². The van der Waals surface area contributed by atoms with E-state index in [9.17, 15) is 13.2 Å². The van der Waals surface area contributed by atoms with E-state index in [1.54, 1.807) is 0 Å². The maximum Gasteiger partial charge on any atom is 0.223 e. The second-order valence-electron chi connectivity index (χ2n) is 7.20. The smallest absolute Gasteiger partial charge is 0.223 e. The zero-order chi connectivity index (χ0) is 17.2. The minimum Gasteiger partial charge on any atom is -0.339 e. The van der Waals surface area contributed by atoms with Crippen molar-refractivity contribution in [1.29, 1.82) is 0 Å². The maximum absolute atomic E-state index is 12.8. The minimum atomic E-state index is -2.91. The number of benzene rings is 1. The summed E-state index contributed by atoms with van der Waals surface area (Å²) in [4.78, 5) is 14.8. The molecule has 0 aromatic heterocycles. The molecule has 3 atom stereocenters. The number of rotatable bonds is 5. The third kappa shape index (κ3) is 3.82. The van der Waals surface area contributed by atoms with Crippen LogP contribution in [0.25, 0.3) is 0 Å². The quantitative estimate of drug-likeness (QED) is 0.821. The molecule has 4 nitrogen and oxygen atoms in total. The number of carbonyl (C=O) groups is 1. The summed E-state index contributed by atoms with van der Waals surface area (Å²) in [5, 5.41) is 0. The van der Waals surface area contributed by atoms with Crippen molar-refractivity contribution in [3.05, 3.63) is 35.9 Å². The van der Waals surface area contributed by atoms with E-state index in [0.717, 1.165) is 25.8 Å². The molecule has 1 amide bonds. The van der Waals surface area contributed by atoms with Crippen molar-refractivity contribution in [3.63, 3.8) is 0 Å². The summed E-state index contributed by atoms with van der Waals surface area (Å²) in [7, 11) is -2.91. The highest BCUT2D eigenvalue weighted by Crippen LogP contribution is 2.34. The van der Waals surface area contributed by atoms with E-state index in [2.05, 4.69) is 31.2 Å². The second kappa shape index (κ2) is 7.26. The van der Waals surface area contributed by atoms with Crippen LogP contribution in [0.4, 0.5) is 0 Å². The van der Waals surface area contributed by atoms with Crippen LogP contribution < -0.4 is 0 Å². The largest absolute Gasteiger partial charge is 0.339 e. The van der Waals surface area contributed by atoms with E-state index in [-0.39, 0.29) is 29.4 Å². The molecule has 1 aromatic carbocycles. The van der Waals surface area contributed by atoms with Gasteiger partial charge in [0.15, 0.2) is 9.84 Å². The van der Waals surface area contributed by atoms with Gasteiger partial charge in [-0.2, -0.15) is 0 Å². The highest BCUT2D eigenvalue weighted by molar-refractivity contribution is 7.91. The SMILES string of the molecule is CCC(c1ccccc1)C1CCCN1C(=O)CC1CCS(=O)(=O)C1. The zero-order valence-corrected chi connectivity index (χ0v) is 15.2. The molecule has 1 aromatic rings. The molecule has 2 saturated heterocycles. The average molecular weight is 349 g/mol. The molecule has 2 fully saturated rings. The molecular formula is C19H27NO3S. The van der Waals surface area contributed by atoms with E-state index in [1.165, 1.54) is 5.56 Å². The summed E-state index contributed by atoms with van der Waals surface area (Å²) < 4.78 is 23.2. The first-order valence-corrected chi connectivity index (χ1v) is 10.9. The lowest BCUT2D eigenvalue weighted by Gasteiger charge is -2.32. The summed E-state index contributed by atoms with van der Waals surface area (Å²) in [5.41, 5.74) is 1.30. The van der Waals surface area contributed by atoms with Gasteiger partial charge in [-0.1, -0.05) is 37.3 Å². The predicted molar refractivity (Wildman–Crippen MR) is 95.6 cm³/mol. The van der Waals surface area contributed by atoms with E-state index in [4.69, 9.17) is 0 Å². The maximum atomic E-state index is 12.8. The Balaban J connectivity index is 1.69. The molecule has 132 valence electrons. The van der Waals surface area contributed by atoms with Crippen molar-refractivity contribution < 1.29 is 13.2 Å². The Kier molecular flexibility index (Phi) is 5.28. The molecular weight excluding hydrogens is 322 g/mol. The van der Waals surface area contributed by atoms with Gasteiger partial charge in [-0.05, 0) is 37.2 Å². The normalized spacial score (nSPS) is 27.3. The molecule has 0 saturated carbocycles. The molecule has 3 rings (SSSR count). The van der Waals surface area contributed by atoms with Gasteiger partial charge in [0, 0.05) is 24.9 Å². The summed E-state index contributed by atoms with van der Waals surface area (Å²) in [6, 6.07) is 10.7. The molecule has 2 aliphatic rings. The molecule has 24 heavy (non-hydrogen) atoms. The first-order valence-electron chi connectivity index (χ1n) is 9.05. The van der Waals surface area contributed by atoms with E-state index < -0.39 is 9.84 Å². The Morgan fingerprint density at radius 2 is 2.00 bits per heavy atom. The van der Waals surface area contributed by atoms with Gasteiger partial charge in [-0.25, -0.2) is 8.42 Å². The van der Waals surface area contributed by atoms with Crippen LogP contribution >= 0.6 is 0 Å². The number of hydrogen-bond donors (Lipinski definition) is 0. The summed E-state index contributed by atoms with van der Waals surface area (Å²) in [6.07, 6.45) is 4.13. The number of amides is 1. The van der Waals surface area contributed by atoms with Crippen LogP contribution in [0.5, 0.6) is 0 Å². The number of carbonyl (C=O) groups excluding carboxylic acids is 1. The van der Waals surface area contributed by atoms with Crippen molar-refractivity contribution in [3.8, 4) is 0 Å². The van der Waals surface area contributed by atoms with E-state index in [0.29, 0.717) is 18.8 Å². The Hall–Kier alpha value is -1.36. The van der Waals surface area contributed by atoms with Gasteiger partial charge in [0.25, 0.3) is 0 Å². The van der Waals surface area contributed by atoms with Crippen molar-refractivity contribution in [1.82, 2.24) is 4.90 Å². The summed E-state index contributed by atoms with van der Waals surface area (Å²) >= 11 is 0. The lowest BCUT2D eigenvalue weighted by atomic mass is 9.87. The fourth-order valence-electron chi connectivity index (χ4n) is 4.35. The van der Waals surface area contributed by atoms with Crippen LogP contribution in [0.2, 0.25) is 0 Å². The van der Waals surface area contributed by atoms with E-state index >= 15 is 0 Å². The monoisotopic (exact) mass is 349 g/mol. The van der Waals surface area contributed by atoms with Crippen molar-refractivity contribution in [2.24, 2.45) is 5.92 Å². The lowest BCUT2D eigenvalue weighted by Crippen LogP contribution is -2.40. The molecule has 0 bridgehead atoms. The first kappa shape index (κ1) is 17.5. The Bertz CT molecular complexity index is 671. The number of likely N-dealkylation sites (tertiary alicyclic amines) is 1. The van der Waals surface area contributed by atoms with Crippen LogP contribution in [-0.4, -0.2) is 43.3 Å². The Morgan fingerprint density at radius 1 is 1.25 bits per heavy atom. The third-order valence-corrected chi connectivity index (χ3v) is 7.38. The zero-order valence-electron chi connectivity index (χ0n) is 14.4. The highest BCUT2D eigenvalue weighted by Gasteiger charge is 2.37. The number of hydrogen-bond acceptors (Lipinski definition) is 3. The number of nitrogens with zero attached hydrogens (tertiary/aromatic N) is 1.